The van der Waals surface area contributed by atoms with E-state index in [0.717, 1.165) is 10.8 Å². The predicted molar refractivity (Wildman–Crippen MR) is 70.6 cm³/mol. The Morgan fingerprint density at radius 2 is 2.18 bits per heavy atom. The summed E-state index contributed by atoms with van der Waals surface area (Å²) in [7, 11) is 0. The van der Waals surface area contributed by atoms with Crippen LogP contribution in [0.25, 0.3) is 0 Å². The minimum atomic E-state index is 0.631. The molecule has 5 heteroatoms. The number of nitrogens with zero attached hydrogens (tertiary/aromatic N) is 2. The van der Waals surface area contributed by atoms with Crippen molar-refractivity contribution in [3.63, 3.8) is 0 Å². The fourth-order valence-corrected chi connectivity index (χ4v) is 2.27. The highest BCUT2D eigenvalue weighted by Crippen LogP contribution is 2.22. The summed E-state index contributed by atoms with van der Waals surface area (Å²) in [6, 6.07) is 10.3. The molecule has 2 rings (SSSR count). The molecule has 1 aromatic carbocycles. The summed E-state index contributed by atoms with van der Waals surface area (Å²) in [5.41, 5.74) is 5.07. The second-order valence-electron chi connectivity index (χ2n) is 3.66. The number of hydrogen-bond donors (Lipinski definition) is 2. The van der Waals surface area contributed by atoms with Crippen molar-refractivity contribution in [3.05, 3.63) is 47.8 Å². The molecule has 3 N–H and O–H groups in total. The van der Waals surface area contributed by atoms with Crippen LogP contribution >= 0.6 is 11.8 Å². The lowest BCUT2D eigenvalue weighted by atomic mass is 10.2. The third-order valence-corrected chi connectivity index (χ3v) is 3.26. The van der Waals surface area contributed by atoms with E-state index in [0.29, 0.717) is 5.82 Å². The van der Waals surface area contributed by atoms with Crippen LogP contribution in [0.1, 0.15) is 11.1 Å². The smallest absolute Gasteiger partial charge is 0.144 e. The zero-order valence-electron chi connectivity index (χ0n) is 9.55. The van der Waals surface area contributed by atoms with Gasteiger partial charge in [-0.05, 0) is 12.5 Å². The van der Waals surface area contributed by atoms with Crippen LogP contribution in [-0.2, 0) is 5.75 Å². The molecule has 0 amide bonds. The normalized spacial score (nSPS) is 10.2. The van der Waals surface area contributed by atoms with Gasteiger partial charge < -0.3 is 5.43 Å². The molecule has 0 bridgehead atoms. The molecule has 0 spiro atoms. The molecule has 0 aliphatic rings. The molecular formula is C12H14N4S. The van der Waals surface area contributed by atoms with E-state index in [1.807, 2.05) is 6.07 Å². The van der Waals surface area contributed by atoms with Gasteiger partial charge >= 0.3 is 0 Å². The van der Waals surface area contributed by atoms with Crippen molar-refractivity contribution in [2.24, 2.45) is 5.84 Å². The van der Waals surface area contributed by atoms with Crippen molar-refractivity contribution in [1.82, 2.24) is 9.97 Å². The number of thioether (sulfide) groups is 1. The van der Waals surface area contributed by atoms with Gasteiger partial charge in [0.05, 0.1) is 0 Å². The fourth-order valence-electron chi connectivity index (χ4n) is 1.46. The summed E-state index contributed by atoms with van der Waals surface area (Å²) in [6.07, 6.45) is 1.51. The molecule has 17 heavy (non-hydrogen) atoms. The minimum absolute atomic E-state index is 0.631. The highest BCUT2D eigenvalue weighted by atomic mass is 32.2. The molecule has 0 radical (unpaired) electrons. The van der Waals surface area contributed by atoms with Gasteiger partial charge in [0.1, 0.15) is 17.2 Å². The Balaban J connectivity index is 2.02. The number of hydrazine groups is 1. The number of rotatable bonds is 4. The van der Waals surface area contributed by atoms with E-state index in [1.54, 1.807) is 11.8 Å². The number of nitrogen functional groups attached to an aromatic ring is 1. The van der Waals surface area contributed by atoms with E-state index < -0.39 is 0 Å². The molecule has 4 nitrogen and oxygen atoms in total. The first-order chi connectivity index (χ1) is 8.28. The van der Waals surface area contributed by atoms with Gasteiger partial charge in [-0.2, -0.15) is 0 Å². The third kappa shape index (κ3) is 3.44. The lowest BCUT2D eigenvalue weighted by molar-refractivity contribution is 1.04. The lowest BCUT2D eigenvalue weighted by Gasteiger charge is -2.03. The maximum atomic E-state index is 5.30. The molecule has 0 fully saturated rings. The first-order valence-electron chi connectivity index (χ1n) is 5.25. The number of nitrogens with one attached hydrogen (secondary N) is 1. The summed E-state index contributed by atoms with van der Waals surface area (Å²) in [5.74, 6) is 6.82. The van der Waals surface area contributed by atoms with Gasteiger partial charge in [0.2, 0.25) is 0 Å². The molecule has 2 aromatic rings. The molecule has 0 saturated heterocycles. The average Bonchev–Trinajstić information content (AvgIpc) is 2.37. The zero-order chi connectivity index (χ0) is 12.1. The van der Waals surface area contributed by atoms with E-state index >= 15 is 0 Å². The third-order valence-electron chi connectivity index (χ3n) is 2.26. The van der Waals surface area contributed by atoms with Gasteiger partial charge in [-0.1, -0.05) is 29.8 Å². The number of hydrogen-bond acceptors (Lipinski definition) is 5. The summed E-state index contributed by atoms with van der Waals surface area (Å²) in [4.78, 5) is 8.15. The van der Waals surface area contributed by atoms with E-state index in [2.05, 4.69) is 46.6 Å². The Bertz CT molecular complexity index is 501. The quantitative estimate of drug-likeness (QED) is 0.375. The second kappa shape index (κ2) is 5.65. The fraction of sp³-hybridized carbons (Fsp3) is 0.167. The van der Waals surface area contributed by atoms with Crippen LogP contribution in [0.5, 0.6) is 0 Å². The van der Waals surface area contributed by atoms with E-state index in [1.165, 1.54) is 17.5 Å². The zero-order valence-corrected chi connectivity index (χ0v) is 10.4. The Morgan fingerprint density at radius 3 is 2.94 bits per heavy atom. The number of aromatic nitrogens is 2. The van der Waals surface area contributed by atoms with Gasteiger partial charge in [-0.25, -0.2) is 15.8 Å². The molecular weight excluding hydrogens is 232 g/mol. The van der Waals surface area contributed by atoms with E-state index in [4.69, 9.17) is 5.84 Å². The monoisotopic (exact) mass is 246 g/mol. The minimum Gasteiger partial charge on any atom is -0.308 e. The number of aryl methyl sites for hydroxylation is 1. The Labute approximate surface area is 105 Å². The number of anilines is 1. The largest absolute Gasteiger partial charge is 0.308 e. The van der Waals surface area contributed by atoms with Gasteiger partial charge in [0.25, 0.3) is 0 Å². The highest BCUT2D eigenvalue weighted by molar-refractivity contribution is 7.98. The molecule has 1 heterocycles. The van der Waals surface area contributed by atoms with Crippen LogP contribution in [0.3, 0.4) is 0 Å². The predicted octanol–water partition coefficient (Wildman–Crippen LogP) is 2.36. The van der Waals surface area contributed by atoms with Crippen molar-refractivity contribution >= 4 is 17.6 Å². The first kappa shape index (κ1) is 11.9. The van der Waals surface area contributed by atoms with Crippen molar-refractivity contribution < 1.29 is 0 Å². The Hall–Kier alpha value is -1.59. The summed E-state index contributed by atoms with van der Waals surface area (Å²) >= 11 is 1.67. The summed E-state index contributed by atoms with van der Waals surface area (Å²) in [5, 5.41) is 0.912. The lowest BCUT2D eigenvalue weighted by Crippen LogP contribution is -2.08. The van der Waals surface area contributed by atoms with Crippen LogP contribution in [-0.4, -0.2) is 9.97 Å². The molecule has 88 valence electrons. The molecule has 0 aliphatic carbocycles. The van der Waals surface area contributed by atoms with E-state index in [-0.39, 0.29) is 0 Å². The Morgan fingerprint density at radius 1 is 1.29 bits per heavy atom. The maximum Gasteiger partial charge on any atom is 0.144 e. The molecule has 0 atom stereocenters. The van der Waals surface area contributed by atoms with Gasteiger partial charge in [0, 0.05) is 11.8 Å². The molecule has 0 saturated carbocycles. The van der Waals surface area contributed by atoms with Crippen LogP contribution in [0.15, 0.2) is 41.7 Å². The second-order valence-corrected chi connectivity index (χ2v) is 4.66. The topological polar surface area (TPSA) is 63.8 Å². The SMILES string of the molecule is Cc1cccc(CSc2cc(NN)ncn2)c1. The van der Waals surface area contributed by atoms with Crippen molar-refractivity contribution in [2.45, 2.75) is 17.7 Å². The number of benzene rings is 1. The summed E-state index contributed by atoms with van der Waals surface area (Å²) < 4.78 is 0. The number of nitrogens with two attached hydrogens (primary N) is 1. The first-order valence-corrected chi connectivity index (χ1v) is 6.23. The van der Waals surface area contributed by atoms with Crippen molar-refractivity contribution in [3.8, 4) is 0 Å². The van der Waals surface area contributed by atoms with Gasteiger partial charge in [-0.3, -0.25) is 0 Å². The average molecular weight is 246 g/mol. The molecule has 0 aliphatic heterocycles. The van der Waals surface area contributed by atoms with Gasteiger partial charge in [-0.15, -0.1) is 11.8 Å². The van der Waals surface area contributed by atoms with E-state index in [9.17, 15) is 0 Å². The van der Waals surface area contributed by atoms with Crippen molar-refractivity contribution in [1.29, 1.82) is 0 Å². The van der Waals surface area contributed by atoms with Crippen LogP contribution in [0, 0.1) is 6.92 Å². The van der Waals surface area contributed by atoms with Crippen LogP contribution in [0.2, 0.25) is 0 Å². The molecule has 0 unspecified atom stereocenters. The van der Waals surface area contributed by atoms with Crippen molar-refractivity contribution in [2.75, 3.05) is 5.43 Å². The van der Waals surface area contributed by atoms with Crippen LogP contribution in [0.4, 0.5) is 5.82 Å². The Kier molecular flexibility index (Phi) is 3.95. The molecule has 1 aromatic heterocycles. The van der Waals surface area contributed by atoms with Crippen LogP contribution < -0.4 is 11.3 Å². The van der Waals surface area contributed by atoms with Gasteiger partial charge in [0.15, 0.2) is 0 Å². The standard InChI is InChI=1S/C12H14N4S/c1-9-3-2-4-10(5-9)7-17-12-6-11(16-13)14-8-15-12/h2-6,8H,7,13H2,1H3,(H,14,15,16). The maximum absolute atomic E-state index is 5.30. The highest BCUT2D eigenvalue weighted by Gasteiger charge is 2.00. The summed E-state index contributed by atoms with van der Waals surface area (Å²) in [6.45, 7) is 2.09.